The molecule has 7 nitrogen and oxygen atoms in total. The summed E-state index contributed by atoms with van der Waals surface area (Å²) in [5.74, 6) is -1.20. The summed E-state index contributed by atoms with van der Waals surface area (Å²) in [7, 11) is -2.86. The molecule has 1 amide bonds. The molecule has 8 heteroatoms. The Morgan fingerprint density at radius 3 is 2.23 bits per heavy atom. The lowest BCUT2D eigenvalue weighted by atomic mass is 9.98. The summed E-state index contributed by atoms with van der Waals surface area (Å²) in [6, 6.07) is 14.6. The minimum atomic E-state index is -2.86. The first-order valence-corrected chi connectivity index (χ1v) is 12.3. The Balaban J connectivity index is 1.60. The number of carbonyl (C=O) groups excluding carboxylic acids is 1. The molecule has 2 aromatic carbocycles. The topological polar surface area (TPSA) is 117 Å². The molecule has 1 aliphatic rings. The second-order valence-corrected chi connectivity index (χ2v) is 10.2. The number of aliphatic carboxylic acids is 1. The van der Waals surface area contributed by atoms with Gasteiger partial charge in [0.25, 0.3) is 0 Å². The van der Waals surface area contributed by atoms with E-state index in [1.165, 1.54) is 0 Å². The van der Waals surface area contributed by atoms with Crippen molar-refractivity contribution in [2.24, 2.45) is 0 Å². The van der Waals surface area contributed by atoms with Gasteiger partial charge < -0.3 is 15.2 Å². The number of carboxylic acid groups (broad SMARTS) is 1. The van der Waals surface area contributed by atoms with Gasteiger partial charge in [-0.15, -0.1) is 0 Å². The van der Waals surface area contributed by atoms with Gasteiger partial charge in [0.1, 0.15) is 12.6 Å². The number of alkyl carbamates (subject to hydrolysis) is 1. The molecule has 3 N–H and O–H groups in total. The Hall–Kier alpha value is -2.87. The number of carboxylic acids is 1. The number of amides is 1. The second kappa shape index (κ2) is 9.96. The van der Waals surface area contributed by atoms with Crippen LogP contribution in [0.5, 0.6) is 0 Å². The van der Waals surface area contributed by atoms with E-state index in [0.29, 0.717) is 6.42 Å². The Kier molecular flexibility index (Phi) is 7.33. The summed E-state index contributed by atoms with van der Waals surface area (Å²) >= 11 is 0. The minimum absolute atomic E-state index is 0.0758. The van der Waals surface area contributed by atoms with Crippen LogP contribution < -0.4 is 5.32 Å². The monoisotopic (exact) mass is 444 g/mol. The van der Waals surface area contributed by atoms with Crippen LogP contribution in [-0.2, 0) is 19.3 Å². The van der Waals surface area contributed by atoms with Gasteiger partial charge in [-0.25, -0.2) is 13.8 Å². The van der Waals surface area contributed by atoms with E-state index in [9.17, 15) is 18.9 Å². The van der Waals surface area contributed by atoms with Crippen molar-refractivity contribution in [1.82, 2.24) is 5.32 Å². The van der Waals surface area contributed by atoms with E-state index in [-0.39, 0.29) is 30.5 Å². The molecule has 31 heavy (non-hydrogen) atoms. The number of benzene rings is 2. The van der Waals surface area contributed by atoms with E-state index in [4.69, 9.17) is 9.52 Å². The van der Waals surface area contributed by atoms with E-state index in [0.717, 1.165) is 28.7 Å². The first-order chi connectivity index (χ1) is 14.8. The summed E-state index contributed by atoms with van der Waals surface area (Å²) in [5, 5.41) is 11.8. The van der Waals surface area contributed by atoms with Crippen molar-refractivity contribution in [3.63, 3.8) is 0 Å². The maximum atomic E-state index is 12.3. The summed E-state index contributed by atoms with van der Waals surface area (Å²) in [6.45, 7) is 2.02. The number of nitrogens with one attached hydrogen (secondary N) is 2. The van der Waals surface area contributed by atoms with Gasteiger partial charge in [0.15, 0.2) is 0 Å². The van der Waals surface area contributed by atoms with Crippen LogP contribution in [0, 0.1) is 4.78 Å². The summed E-state index contributed by atoms with van der Waals surface area (Å²) in [6.07, 6.45) is 0.557. The average molecular weight is 445 g/mol. The third-order valence-electron chi connectivity index (χ3n) is 5.50. The molecule has 2 atom stereocenters. The Labute approximate surface area is 182 Å². The van der Waals surface area contributed by atoms with Crippen LogP contribution in [0.4, 0.5) is 4.79 Å². The van der Waals surface area contributed by atoms with Crippen molar-refractivity contribution in [2.45, 2.75) is 38.1 Å². The normalized spacial score (nSPS) is 15.4. The molecule has 166 valence electrons. The molecule has 0 saturated heterocycles. The molecule has 1 aliphatic carbocycles. The van der Waals surface area contributed by atoms with Crippen LogP contribution >= 0.6 is 0 Å². The Bertz CT molecular complexity index is 1010. The fourth-order valence-corrected chi connectivity index (χ4v) is 5.40. The van der Waals surface area contributed by atoms with Crippen LogP contribution in [-0.4, -0.2) is 45.5 Å². The lowest BCUT2D eigenvalue weighted by molar-refractivity contribution is -0.139. The molecule has 0 unspecified atom stereocenters. The third kappa shape index (κ3) is 5.64. The molecule has 0 bridgehead atoms. The molecule has 2 aromatic rings. The molecule has 0 spiro atoms. The summed E-state index contributed by atoms with van der Waals surface area (Å²) in [5.41, 5.74) is 4.34. The maximum Gasteiger partial charge on any atom is 0.407 e. The predicted molar refractivity (Wildman–Crippen MR) is 120 cm³/mol. The van der Waals surface area contributed by atoms with E-state index >= 15 is 0 Å². The third-order valence-corrected chi connectivity index (χ3v) is 7.34. The number of rotatable bonds is 10. The lowest BCUT2D eigenvalue weighted by Crippen LogP contribution is -2.42. The second-order valence-electron chi connectivity index (χ2n) is 7.72. The van der Waals surface area contributed by atoms with Gasteiger partial charge in [-0.2, -0.15) is 0 Å². The van der Waals surface area contributed by atoms with Crippen molar-refractivity contribution < 1.29 is 23.6 Å². The summed E-state index contributed by atoms with van der Waals surface area (Å²) in [4.78, 5) is 23.8. The first kappa shape index (κ1) is 22.8. The molecule has 0 heterocycles. The largest absolute Gasteiger partial charge is 0.480 e. The van der Waals surface area contributed by atoms with Crippen LogP contribution in [0.1, 0.15) is 43.2 Å². The quantitative estimate of drug-likeness (QED) is 0.507. The van der Waals surface area contributed by atoms with Crippen LogP contribution in [0.3, 0.4) is 0 Å². The van der Waals surface area contributed by atoms with E-state index in [2.05, 4.69) is 5.32 Å². The minimum Gasteiger partial charge on any atom is -0.480 e. The van der Waals surface area contributed by atoms with Crippen LogP contribution in [0.15, 0.2) is 48.5 Å². The van der Waals surface area contributed by atoms with Crippen LogP contribution in [0.25, 0.3) is 11.1 Å². The zero-order valence-corrected chi connectivity index (χ0v) is 18.3. The number of unbranched alkanes of at least 4 members (excludes halogenated alkanes) is 1. The van der Waals surface area contributed by atoms with Crippen molar-refractivity contribution in [3.8, 4) is 11.1 Å². The van der Waals surface area contributed by atoms with Crippen molar-refractivity contribution >= 4 is 21.8 Å². The number of hydrogen-bond donors (Lipinski definition) is 3. The molecule has 0 fully saturated rings. The van der Waals surface area contributed by atoms with Crippen molar-refractivity contribution in [1.29, 1.82) is 4.78 Å². The van der Waals surface area contributed by atoms with Gasteiger partial charge >= 0.3 is 12.1 Å². The molecule has 3 rings (SSSR count). The van der Waals surface area contributed by atoms with Gasteiger partial charge in [0.05, 0.1) is 0 Å². The van der Waals surface area contributed by atoms with Gasteiger partial charge in [-0.1, -0.05) is 61.9 Å². The number of ether oxygens (including phenoxy) is 1. The molecular weight excluding hydrogens is 416 g/mol. The SMILES string of the molecule is CCCC[S@@](=N)(=O)CC[C@@H](NC(=O)OCC1c2ccccc2-c2ccccc21)C(=O)O. The first-order valence-electron chi connectivity index (χ1n) is 10.4. The number of fused-ring (bicyclic) bond motifs is 3. The predicted octanol–water partition coefficient (Wildman–Crippen LogP) is 4.22. The highest BCUT2D eigenvalue weighted by Gasteiger charge is 2.30. The highest BCUT2D eigenvalue weighted by molar-refractivity contribution is 7.92. The molecular formula is C23H28N2O5S. The fourth-order valence-electron chi connectivity index (χ4n) is 3.83. The van der Waals surface area contributed by atoms with Crippen molar-refractivity contribution in [3.05, 3.63) is 59.7 Å². The number of hydrogen-bond acceptors (Lipinski definition) is 5. The Morgan fingerprint density at radius 2 is 1.68 bits per heavy atom. The smallest absolute Gasteiger partial charge is 0.407 e. The zero-order chi connectivity index (χ0) is 22.4. The van der Waals surface area contributed by atoms with Gasteiger partial charge in [0.2, 0.25) is 0 Å². The fraction of sp³-hybridized carbons (Fsp3) is 0.391. The average Bonchev–Trinajstić information content (AvgIpc) is 3.07. The lowest BCUT2D eigenvalue weighted by Gasteiger charge is -2.18. The van der Waals surface area contributed by atoms with Crippen molar-refractivity contribution in [2.75, 3.05) is 18.1 Å². The molecule has 0 radical (unpaired) electrons. The Morgan fingerprint density at radius 1 is 1.10 bits per heavy atom. The molecule has 0 aromatic heterocycles. The molecule has 0 saturated carbocycles. The van der Waals surface area contributed by atoms with E-state index < -0.39 is 27.8 Å². The van der Waals surface area contributed by atoms with Gasteiger partial charge in [-0.05, 0) is 35.1 Å². The standard InChI is InChI=1S/C23H28N2O5S/c1-2-3-13-31(24,29)14-12-21(22(26)27)25-23(28)30-15-20-18-10-6-4-8-16(18)17-9-5-7-11-19(17)20/h4-11,20-21,24H,2-3,12-15H2,1H3,(H,25,28)(H,26,27)/t21-,31-/m1/s1. The summed E-state index contributed by atoms with van der Waals surface area (Å²) < 4.78 is 25.5. The highest BCUT2D eigenvalue weighted by atomic mass is 32.2. The van der Waals surface area contributed by atoms with E-state index in [1.807, 2.05) is 55.5 Å². The van der Waals surface area contributed by atoms with E-state index in [1.54, 1.807) is 0 Å². The molecule has 0 aliphatic heterocycles. The zero-order valence-electron chi connectivity index (χ0n) is 17.5. The number of carbonyl (C=O) groups is 2. The highest BCUT2D eigenvalue weighted by Crippen LogP contribution is 2.44. The van der Waals surface area contributed by atoms with Gasteiger partial charge in [-0.3, -0.25) is 4.78 Å². The van der Waals surface area contributed by atoms with Crippen LogP contribution in [0.2, 0.25) is 0 Å². The van der Waals surface area contributed by atoms with Gasteiger partial charge in [0, 0.05) is 27.2 Å². The maximum absolute atomic E-state index is 12.3.